The fourth-order valence-electron chi connectivity index (χ4n) is 4.76. The van der Waals surface area contributed by atoms with Crippen molar-refractivity contribution in [2.24, 2.45) is 5.92 Å². The molecule has 6 rings (SSSR count). The van der Waals surface area contributed by atoms with Gasteiger partial charge in [0.05, 0.1) is 5.02 Å². The van der Waals surface area contributed by atoms with Crippen LogP contribution in [0.15, 0.2) is 28.9 Å². The molecule has 10 nitrogen and oxygen atoms in total. The lowest BCUT2D eigenvalue weighted by atomic mass is 9.64. The van der Waals surface area contributed by atoms with Crippen LogP contribution in [0, 0.1) is 5.92 Å². The molecule has 3 N–H and O–H groups in total. The number of halogens is 1. The molecule has 2 bridgehead atoms. The second kappa shape index (κ2) is 7.06. The lowest BCUT2D eigenvalue weighted by Crippen LogP contribution is -2.70. The van der Waals surface area contributed by atoms with Gasteiger partial charge in [0.1, 0.15) is 18.5 Å². The largest absolute Gasteiger partial charge is 0.420 e. The summed E-state index contributed by atoms with van der Waals surface area (Å²) >= 11 is 6.28. The molecular formula is C19H20ClN7O3. The Morgan fingerprint density at radius 2 is 2.30 bits per heavy atom. The van der Waals surface area contributed by atoms with E-state index in [2.05, 4.69) is 37.6 Å². The Morgan fingerprint density at radius 1 is 1.43 bits per heavy atom. The summed E-state index contributed by atoms with van der Waals surface area (Å²) in [4.78, 5) is 19.2. The number of H-pyrrole nitrogens is 1. The lowest BCUT2D eigenvalue weighted by molar-refractivity contribution is -0.110. The zero-order valence-corrected chi connectivity index (χ0v) is 16.9. The summed E-state index contributed by atoms with van der Waals surface area (Å²) < 4.78 is 5.65. The summed E-state index contributed by atoms with van der Waals surface area (Å²) in [6.07, 6.45) is 3.81. The minimum absolute atomic E-state index is 0.0965. The van der Waals surface area contributed by atoms with E-state index in [0.717, 1.165) is 19.3 Å². The van der Waals surface area contributed by atoms with Crippen LogP contribution in [0.1, 0.15) is 38.0 Å². The number of nitrogens with one attached hydrogen (secondary N) is 2. The zero-order valence-electron chi connectivity index (χ0n) is 16.2. The van der Waals surface area contributed by atoms with Crippen LogP contribution in [0.4, 0.5) is 10.5 Å². The molecule has 3 aromatic rings. The van der Waals surface area contributed by atoms with E-state index < -0.39 is 5.54 Å². The van der Waals surface area contributed by atoms with Gasteiger partial charge in [0.15, 0.2) is 5.82 Å². The van der Waals surface area contributed by atoms with E-state index in [1.807, 2.05) is 0 Å². The van der Waals surface area contributed by atoms with E-state index in [-0.39, 0.29) is 24.6 Å². The number of aromatic nitrogens is 5. The summed E-state index contributed by atoms with van der Waals surface area (Å²) in [6, 6.07) is 5.05. The van der Waals surface area contributed by atoms with Crippen LogP contribution in [-0.4, -0.2) is 47.5 Å². The number of carbonyl (C=O) groups excluding carboxylic acids is 1. The van der Waals surface area contributed by atoms with Crippen LogP contribution in [0.25, 0.3) is 11.4 Å². The van der Waals surface area contributed by atoms with E-state index >= 15 is 0 Å². The molecule has 2 aliphatic heterocycles. The fraction of sp³-hybridized carbons (Fsp3) is 0.421. The SMILES string of the molecule is C[C@H]1C[C@H]2C[C@@](c3nnc(CO)o3)(C1)N2C(=O)Nc1ccc(Cl)c(-c2ncn[nH]2)c1. The maximum absolute atomic E-state index is 13.3. The number of urea groups is 1. The van der Waals surface area contributed by atoms with Gasteiger partial charge in [0, 0.05) is 23.7 Å². The number of fused-ring (bicyclic) bond motifs is 2. The smallest absolute Gasteiger partial charge is 0.323 e. The number of hydrogen-bond donors (Lipinski definition) is 3. The van der Waals surface area contributed by atoms with Gasteiger partial charge >= 0.3 is 6.03 Å². The van der Waals surface area contributed by atoms with Crippen molar-refractivity contribution in [3.63, 3.8) is 0 Å². The van der Waals surface area contributed by atoms with E-state index in [4.69, 9.17) is 16.0 Å². The van der Waals surface area contributed by atoms with Gasteiger partial charge in [0.2, 0.25) is 11.8 Å². The average molecular weight is 430 g/mol. The summed E-state index contributed by atoms with van der Waals surface area (Å²) in [5, 5.41) is 27.4. The molecule has 3 atom stereocenters. The molecule has 1 saturated carbocycles. The van der Waals surface area contributed by atoms with E-state index in [0.29, 0.717) is 33.9 Å². The highest BCUT2D eigenvalue weighted by Crippen LogP contribution is 2.55. The van der Waals surface area contributed by atoms with Crippen LogP contribution in [0.5, 0.6) is 0 Å². The molecule has 0 unspecified atom stereocenters. The third-order valence-corrected chi connectivity index (χ3v) is 6.20. The highest BCUT2D eigenvalue weighted by molar-refractivity contribution is 6.33. The van der Waals surface area contributed by atoms with Gasteiger partial charge in [-0.1, -0.05) is 18.5 Å². The second-order valence-electron chi connectivity index (χ2n) is 7.92. The molecule has 1 aromatic carbocycles. The first-order valence-corrected chi connectivity index (χ1v) is 10.1. The van der Waals surface area contributed by atoms with Crippen molar-refractivity contribution in [1.29, 1.82) is 0 Å². The number of benzene rings is 1. The highest BCUT2D eigenvalue weighted by Gasteiger charge is 2.62. The Bertz CT molecular complexity index is 1090. The Labute approximate surface area is 176 Å². The van der Waals surface area contributed by atoms with Crippen molar-refractivity contribution in [1.82, 2.24) is 30.3 Å². The van der Waals surface area contributed by atoms with Crippen molar-refractivity contribution in [2.45, 2.75) is 44.4 Å². The Morgan fingerprint density at radius 3 is 3.03 bits per heavy atom. The van der Waals surface area contributed by atoms with Crippen LogP contribution in [-0.2, 0) is 12.1 Å². The molecule has 0 radical (unpaired) electrons. The first kappa shape index (κ1) is 19.0. The van der Waals surface area contributed by atoms with Crippen molar-refractivity contribution >= 4 is 23.3 Å². The highest BCUT2D eigenvalue weighted by atomic mass is 35.5. The molecule has 3 aliphatic rings. The summed E-state index contributed by atoms with van der Waals surface area (Å²) in [5.74, 6) is 1.47. The normalized spacial score (nSPS) is 25.1. The minimum atomic E-state index is -0.646. The van der Waals surface area contributed by atoms with Gasteiger partial charge < -0.3 is 19.7 Å². The maximum Gasteiger partial charge on any atom is 0.323 e. The monoisotopic (exact) mass is 429 g/mol. The molecule has 4 heterocycles. The van der Waals surface area contributed by atoms with Crippen LogP contribution < -0.4 is 5.32 Å². The van der Waals surface area contributed by atoms with Gasteiger partial charge in [-0.15, -0.1) is 10.2 Å². The van der Waals surface area contributed by atoms with Crippen molar-refractivity contribution in [2.75, 3.05) is 5.32 Å². The van der Waals surface area contributed by atoms with Crippen LogP contribution >= 0.6 is 11.6 Å². The van der Waals surface area contributed by atoms with Crippen molar-refractivity contribution < 1.29 is 14.3 Å². The topological polar surface area (TPSA) is 133 Å². The number of piperidine rings is 1. The molecule has 1 aliphatic carbocycles. The minimum Gasteiger partial charge on any atom is -0.420 e. The first-order valence-electron chi connectivity index (χ1n) is 9.69. The average Bonchev–Trinajstić information content (AvgIpc) is 3.41. The number of hydrogen-bond acceptors (Lipinski definition) is 7. The second-order valence-corrected chi connectivity index (χ2v) is 8.33. The molecular weight excluding hydrogens is 410 g/mol. The fourth-order valence-corrected chi connectivity index (χ4v) is 4.97. The van der Waals surface area contributed by atoms with Gasteiger partial charge in [-0.2, -0.15) is 5.10 Å². The number of rotatable bonds is 4. The molecule has 11 heteroatoms. The van der Waals surface area contributed by atoms with Crippen LogP contribution in [0.2, 0.25) is 5.02 Å². The standard InChI is InChI=1S/C19H20ClN7O3/c1-10-4-12-7-19(6-10,17-26-24-15(8-28)30-17)27(12)18(29)23-11-2-3-14(20)13(5-11)16-21-9-22-25-16/h2-3,5,9-10,12,28H,4,6-8H2,1H3,(H,23,29)(H,21,22,25)/t10-,12-,19+/m0/s1. The molecule has 156 valence electrons. The lowest BCUT2D eigenvalue weighted by Gasteiger charge is -2.61. The predicted octanol–water partition coefficient (Wildman–Crippen LogP) is 2.93. The molecule has 3 fully saturated rings. The molecule has 2 saturated heterocycles. The van der Waals surface area contributed by atoms with Crippen molar-refractivity contribution in [3.05, 3.63) is 41.3 Å². The zero-order chi connectivity index (χ0) is 20.9. The van der Waals surface area contributed by atoms with Gasteiger partial charge in [-0.05, 0) is 37.0 Å². The summed E-state index contributed by atoms with van der Waals surface area (Å²) in [7, 11) is 0. The third-order valence-electron chi connectivity index (χ3n) is 5.87. The molecule has 0 spiro atoms. The Balaban J connectivity index is 1.42. The predicted molar refractivity (Wildman–Crippen MR) is 106 cm³/mol. The number of carbonyl (C=O) groups is 1. The quantitative estimate of drug-likeness (QED) is 0.580. The molecule has 30 heavy (non-hydrogen) atoms. The van der Waals surface area contributed by atoms with Gasteiger partial charge in [-0.25, -0.2) is 9.78 Å². The number of anilines is 1. The van der Waals surface area contributed by atoms with E-state index in [1.54, 1.807) is 23.1 Å². The Kier molecular flexibility index (Phi) is 4.48. The number of aliphatic hydroxyl groups excluding tert-OH is 1. The Hall–Kier alpha value is -2.98. The number of aliphatic hydroxyl groups is 1. The van der Waals surface area contributed by atoms with Gasteiger partial charge in [0.25, 0.3) is 0 Å². The molecule has 2 amide bonds. The number of nitrogens with zero attached hydrogens (tertiary/aromatic N) is 5. The van der Waals surface area contributed by atoms with Gasteiger partial charge in [-0.3, -0.25) is 5.10 Å². The third kappa shape index (κ3) is 2.94. The maximum atomic E-state index is 13.3. The van der Waals surface area contributed by atoms with E-state index in [1.165, 1.54) is 6.33 Å². The number of aromatic amines is 1. The summed E-state index contributed by atoms with van der Waals surface area (Å²) in [5.41, 5.74) is 0.585. The van der Waals surface area contributed by atoms with Crippen LogP contribution in [0.3, 0.4) is 0 Å². The molecule has 2 aromatic heterocycles. The number of amides is 2. The summed E-state index contributed by atoms with van der Waals surface area (Å²) in [6.45, 7) is 1.83. The first-order chi connectivity index (χ1) is 14.5. The van der Waals surface area contributed by atoms with E-state index in [9.17, 15) is 9.90 Å². The van der Waals surface area contributed by atoms with Crippen molar-refractivity contribution in [3.8, 4) is 11.4 Å².